The second kappa shape index (κ2) is 5.93. The van der Waals surface area contributed by atoms with Gasteiger partial charge in [0.15, 0.2) is 11.5 Å². The molecule has 0 unspecified atom stereocenters. The van der Waals surface area contributed by atoms with Gasteiger partial charge in [-0.2, -0.15) is 0 Å². The molecule has 0 spiro atoms. The quantitative estimate of drug-likeness (QED) is 0.722. The average molecular weight is 324 g/mol. The Morgan fingerprint density at radius 1 is 1.13 bits per heavy atom. The monoisotopic (exact) mass is 324 g/mol. The van der Waals surface area contributed by atoms with Gasteiger partial charge in [0.1, 0.15) is 4.99 Å². The number of rotatable bonds is 4. The summed E-state index contributed by atoms with van der Waals surface area (Å²) < 4.78 is 10.7. The maximum absolute atomic E-state index is 5.47. The van der Waals surface area contributed by atoms with Gasteiger partial charge in [-0.15, -0.1) is 0 Å². The van der Waals surface area contributed by atoms with Gasteiger partial charge in [-0.25, -0.2) is 0 Å². The molecule has 0 radical (unpaired) electrons. The van der Waals surface area contributed by atoms with Crippen LogP contribution in [-0.2, 0) is 6.42 Å². The average Bonchev–Trinajstić information content (AvgIpc) is 3.21. The summed E-state index contributed by atoms with van der Waals surface area (Å²) in [6.45, 7) is 1.06. The van der Waals surface area contributed by atoms with E-state index in [1.807, 2.05) is 24.3 Å². The molecule has 0 aliphatic carbocycles. The second-order valence-electron chi connectivity index (χ2n) is 5.43. The van der Waals surface area contributed by atoms with Crippen LogP contribution in [0, 0.1) is 0 Å². The minimum absolute atomic E-state index is 0.277. The summed E-state index contributed by atoms with van der Waals surface area (Å²) >= 11 is 5.47. The molecule has 0 saturated carbocycles. The molecular formula is C18H16N2O2S. The molecule has 0 fully saturated rings. The van der Waals surface area contributed by atoms with Crippen LogP contribution in [0.4, 0.5) is 0 Å². The normalized spacial score (nSPS) is 12.5. The Hall–Kier alpha value is -2.53. The van der Waals surface area contributed by atoms with E-state index in [1.54, 1.807) is 0 Å². The van der Waals surface area contributed by atoms with Crippen LogP contribution in [0.25, 0.3) is 10.9 Å². The minimum Gasteiger partial charge on any atom is -0.454 e. The third-order valence-electron chi connectivity index (χ3n) is 3.99. The van der Waals surface area contributed by atoms with Crippen molar-refractivity contribution in [3.8, 4) is 11.5 Å². The summed E-state index contributed by atoms with van der Waals surface area (Å²) in [6.07, 6.45) is 2.98. The predicted octanol–water partition coefficient (Wildman–Crippen LogP) is 3.40. The van der Waals surface area contributed by atoms with Gasteiger partial charge in [-0.3, -0.25) is 0 Å². The number of ether oxygens (including phenoxy) is 2. The van der Waals surface area contributed by atoms with E-state index in [-0.39, 0.29) is 6.79 Å². The number of fused-ring (bicyclic) bond motifs is 2. The topological polar surface area (TPSA) is 46.3 Å². The number of benzene rings is 2. The number of hydrogen-bond donors (Lipinski definition) is 2. The highest BCUT2D eigenvalue weighted by Crippen LogP contribution is 2.32. The Bertz CT molecular complexity index is 872. The summed E-state index contributed by atoms with van der Waals surface area (Å²) in [5.74, 6) is 1.53. The van der Waals surface area contributed by atoms with Crippen molar-refractivity contribution in [3.05, 3.63) is 59.8 Å². The van der Waals surface area contributed by atoms with Gasteiger partial charge in [-0.05, 0) is 36.2 Å². The fourth-order valence-electron chi connectivity index (χ4n) is 2.79. The van der Waals surface area contributed by atoms with Gasteiger partial charge in [0.05, 0.1) is 0 Å². The number of para-hydroxylation sites is 1. The Labute approximate surface area is 139 Å². The maximum atomic E-state index is 5.47. The molecule has 1 aliphatic rings. The van der Waals surface area contributed by atoms with E-state index in [9.17, 15) is 0 Å². The highest BCUT2D eigenvalue weighted by molar-refractivity contribution is 7.80. The lowest BCUT2D eigenvalue weighted by molar-refractivity contribution is 0.174. The van der Waals surface area contributed by atoms with Crippen molar-refractivity contribution >= 4 is 28.1 Å². The Balaban J connectivity index is 1.40. The third-order valence-corrected chi connectivity index (χ3v) is 4.37. The largest absolute Gasteiger partial charge is 0.454 e. The molecule has 2 N–H and O–H groups in total. The highest BCUT2D eigenvalue weighted by Gasteiger charge is 2.14. The van der Waals surface area contributed by atoms with Crippen molar-refractivity contribution in [1.29, 1.82) is 0 Å². The molecule has 0 bridgehead atoms. The number of H-pyrrole nitrogens is 1. The number of aromatic nitrogens is 1. The smallest absolute Gasteiger partial charge is 0.231 e. The highest BCUT2D eigenvalue weighted by atomic mass is 32.1. The van der Waals surface area contributed by atoms with E-state index in [4.69, 9.17) is 21.7 Å². The number of nitrogens with one attached hydrogen (secondary N) is 2. The SMILES string of the molecule is S=C(NCCc1c[nH]c2ccccc12)c1ccc2c(c1)OCO2. The molecule has 116 valence electrons. The first-order chi connectivity index (χ1) is 11.3. The number of hydrogen-bond acceptors (Lipinski definition) is 3. The lowest BCUT2D eigenvalue weighted by atomic mass is 10.1. The Morgan fingerprint density at radius 3 is 2.96 bits per heavy atom. The van der Waals surface area contributed by atoms with E-state index < -0.39 is 0 Å². The van der Waals surface area contributed by atoms with Crippen LogP contribution in [0.5, 0.6) is 11.5 Å². The molecule has 2 aromatic carbocycles. The predicted molar refractivity (Wildman–Crippen MR) is 94.3 cm³/mol. The molecule has 4 rings (SSSR count). The van der Waals surface area contributed by atoms with E-state index in [2.05, 4.69) is 34.7 Å². The van der Waals surface area contributed by atoms with Gasteiger partial charge in [-0.1, -0.05) is 30.4 Å². The zero-order valence-electron chi connectivity index (χ0n) is 12.5. The third kappa shape index (κ3) is 2.75. The van der Waals surface area contributed by atoms with Gasteiger partial charge in [0, 0.05) is 29.2 Å². The zero-order valence-corrected chi connectivity index (χ0v) is 13.3. The van der Waals surface area contributed by atoms with Crippen LogP contribution in [0.3, 0.4) is 0 Å². The summed E-state index contributed by atoms with van der Waals surface area (Å²) in [6, 6.07) is 14.1. The first kappa shape index (κ1) is 14.1. The molecule has 1 aliphatic heterocycles. The van der Waals surface area contributed by atoms with Crippen LogP contribution in [0.1, 0.15) is 11.1 Å². The molecule has 0 amide bonds. The van der Waals surface area contributed by atoms with Crippen LogP contribution in [-0.4, -0.2) is 23.3 Å². The molecule has 1 aromatic heterocycles. The lowest BCUT2D eigenvalue weighted by Gasteiger charge is -2.08. The number of thiocarbonyl (C=S) groups is 1. The molecule has 3 aromatic rings. The minimum atomic E-state index is 0.277. The van der Waals surface area contributed by atoms with Crippen molar-refractivity contribution in [2.75, 3.05) is 13.3 Å². The second-order valence-corrected chi connectivity index (χ2v) is 5.84. The molecule has 5 heteroatoms. The van der Waals surface area contributed by atoms with E-state index in [1.165, 1.54) is 16.5 Å². The Morgan fingerprint density at radius 2 is 2.00 bits per heavy atom. The Kier molecular flexibility index (Phi) is 3.63. The first-order valence-corrected chi connectivity index (χ1v) is 7.95. The van der Waals surface area contributed by atoms with Crippen LogP contribution >= 0.6 is 12.2 Å². The van der Waals surface area contributed by atoms with Crippen LogP contribution < -0.4 is 14.8 Å². The molecular weight excluding hydrogens is 308 g/mol. The van der Waals surface area contributed by atoms with Gasteiger partial charge < -0.3 is 19.8 Å². The summed E-state index contributed by atoms with van der Waals surface area (Å²) in [5, 5.41) is 4.58. The summed E-state index contributed by atoms with van der Waals surface area (Å²) in [4.78, 5) is 4.02. The van der Waals surface area contributed by atoms with Crippen LogP contribution in [0.2, 0.25) is 0 Å². The molecule has 4 nitrogen and oxygen atoms in total. The van der Waals surface area contributed by atoms with Gasteiger partial charge in [0.2, 0.25) is 6.79 Å². The lowest BCUT2D eigenvalue weighted by Crippen LogP contribution is -2.24. The van der Waals surface area contributed by atoms with Crippen LogP contribution in [0.15, 0.2) is 48.7 Å². The molecule has 0 atom stereocenters. The first-order valence-electron chi connectivity index (χ1n) is 7.54. The van der Waals surface area contributed by atoms with Crippen molar-refractivity contribution in [2.45, 2.75) is 6.42 Å². The van der Waals surface area contributed by atoms with Gasteiger partial charge in [0.25, 0.3) is 0 Å². The van der Waals surface area contributed by atoms with E-state index in [0.29, 0.717) is 0 Å². The summed E-state index contributed by atoms with van der Waals surface area (Å²) in [7, 11) is 0. The van der Waals surface area contributed by atoms with Crippen molar-refractivity contribution in [3.63, 3.8) is 0 Å². The summed E-state index contributed by atoms with van der Waals surface area (Å²) in [5.41, 5.74) is 3.41. The molecule has 23 heavy (non-hydrogen) atoms. The zero-order chi connectivity index (χ0) is 15.6. The van der Waals surface area contributed by atoms with Crippen molar-refractivity contribution in [1.82, 2.24) is 10.3 Å². The fraction of sp³-hybridized carbons (Fsp3) is 0.167. The molecule has 0 saturated heterocycles. The number of aromatic amines is 1. The van der Waals surface area contributed by atoms with Crippen molar-refractivity contribution in [2.24, 2.45) is 0 Å². The standard InChI is InChI=1S/C18H16N2O2S/c23-18(12-5-6-16-17(9-12)22-11-21-16)19-8-7-13-10-20-15-4-2-1-3-14(13)15/h1-6,9-10,20H,7-8,11H2,(H,19,23). The van der Waals surface area contributed by atoms with Crippen molar-refractivity contribution < 1.29 is 9.47 Å². The van der Waals surface area contributed by atoms with Gasteiger partial charge >= 0.3 is 0 Å². The molecule has 2 heterocycles. The van der Waals surface area contributed by atoms with E-state index >= 15 is 0 Å². The van der Waals surface area contributed by atoms with E-state index in [0.717, 1.165) is 35.0 Å². The fourth-order valence-corrected chi connectivity index (χ4v) is 3.02. The maximum Gasteiger partial charge on any atom is 0.231 e.